The Bertz CT molecular complexity index is 853. The largest absolute Gasteiger partial charge is 0.393 e. The van der Waals surface area contributed by atoms with Crippen LogP contribution in [0.15, 0.2) is 23.8 Å². The molecule has 6 aliphatic rings. The van der Waals surface area contributed by atoms with Crippen molar-refractivity contribution in [1.82, 2.24) is 0 Å². The number of allylic oxidation sites excluding steroid dienone is 1. The Morgan fingerprint density at radius 1 is 1.06 bits per heavy atom. The second kappa shape index (κ2) is 6.91. The highest BCUT2D eigenvalue weighted by Crippen LogP contribution is 2.70. The Hall–Kier alpha value is -0.720. The van der Waals surface area contributed by atoms with Crippen molar-refractivity contribution in [2.45, 2.75) is 95.9 Å². The fraction of sp³-hybridized carbons (Fsp3) is 0.852. The molecule has 0 radical (unpaired) electrons. The second-order valence-corrected chi connectivity index (χ2v) is 12.5. The molecule has 2 saturated heterocycles. The summed E-state index contributed by atoms with van der Waals surface area (Å²) in [4.78, 5) is 0. The molecule has 32 heavy (non-hydrogen) atoms. The molecule has 3 saturated carbocycles. The summed E-state index contributed by atoms with van der Waals surface area (Å²) >= 11 is 0. The van der Waals surface area contributed by atoms with Crippen LogP contribution in [0.5, 0.6) is 0 Å². The van der Waals surface area contributed by atoms with Crippen LogP contribution in [-0.2, 0) is 9.47 Å². The van der Waals surface area contributed by atoms with Crippen molar-refractivity contribution in [3.8, 4) is 0 Å². The Morgan fingerprint density at radius 3 is 2.59 bits per heavy atom. The summed E-state index contributed by atoms with van der Waals surface area (Å²) in [6, 6.07) is 0. The van der Waals surface area contributed by atoms with Gasteiger partial charge in [0.2, 0.25) is 0 Å². The Labute approximate surface area is 191 Å². The van der Waals surface area contributed by atoms with Crippen LogP contribution >= 0.6 is 0 Å². The topological polar surface area (TPSA) is 79.2 Å². The fourth-order valence-electron chi connectivity index (χ4n) is 9.67. The first-order valence-corrected chi connectivity index (χ1v) is 12.8. The quantitative estimate of drug-likeness (QED) is 0.498. The molecule has 0 bridgehead atoms. The molecule has 5 heteroatoms. The van der Waals surface area contributed by atoms with Gasteiger partial charge < -0.3 is 24.8 Å². The zero-order valence-electron chi connectivity index (χ0n) is 19.8. The molecule has 0 amide bonds. The van der Waals surface area contributed by atoms with E-state index in [4.69, 9.17) is 9.47 Å². The zero-order valence-corrected chi connectivity index (χ0v) is 19.8. The summed E-state index contributed by atoms with van der Waals surface area (Å²) in [7, 11) is 0. The highest BCUT2D eigenvalue weighted by atomic mass is 16.7. The van der Waals surface area contributed by atoms with Gasteiger partial charge in [-0.05, 0) is 66.8 Å². The van der Waals surface area contributed by atoms with Crippen molar-refractivity contribution >= 4 is 0 Å². The normalized spacial score (nSPS) is 59.2. The summed E-state index contributed by atoms with van der Waals surface area (Å²) in [6.45, 7) is 11.4. The van der Waals surface area contributed by atoms with Crippen molar-refractivity contribution in [2.75, 3.05) is 6.61 Å². The molecule has 6 rings (SSSR count). The summed E-state index contributed by atoms with van der Waals surface area (Å²) < 4.78 is 12.9. The molecule has 178 valence electrons. The maximum absolute atomic E-state index is 11.1. The smallest absolute Gasteiger partial charge is 0.198 e. The van der Waals surface area contributed by atoms with E-state index in [1.54, 1.807) is 0 Å². The summed E-state index contributed by atoms with van der Waals surface area (Å²) in [6.07, 6.45) is 7.03. The Balaban J connectivity index is 1.31. The van der Waals surface area contributed by atoms with E-state index in [0.29, 0.717) is 49.5 Å². The van der Waals surface area contributed by atoms with Crippen LogP contribution in [-0.4, -0.2) is 52.1 Å². The minimum atomic E-state index is -0.886. The molecule has 0 unspecified atom stereocenters. The first-order chi connectivity index (χ1) is 15.1. The maximum Gasteiger partial charge on any atom is 0.198 e. The van der Waals surface area contributed by atoms with Crippen molar-refractivity contribution in [3.05, 3.63) is 23.8 Å². The number of aliphatic hydroxyl groups excluding tert-OH is 3. The number of hydrogen-bond donors (Lipinski definition) is 3. The summed E-state index contributed by atoms with van der Waals surface area (Å²) in [5.74, 6) is 1.20. The molecule has 3 N–H and O–H groups in total. The van der Waals surface area contributed by atoms with Gasteiger partial charge in [0.05, 0.1) is 24.9 Å². The van der Waals surface area contributed by atoms with Crippen LogP contribution in [0, 0.1) is 40.4 Å². The number of aliphatic hydroxyl groups is 3. The van der Waals surface area contributed by atoms with E-state index in [1.165, 1.54) is 5.57 Å². The molecule has 2 heterocycles. The predicted molar refractivity (Wildman–Crippen MR) is 120 cm³/mol. The highest BCUT2D eigenvalue weighted by Gasteiger charge is 2.70. The van der Waals surface area contributed by atoms with E-state index in [9.17, 15) is 15.3 Å². The van der Waals surface area contributed by atoms with Crippen LogP contribution in [0.2, 0.25) is 0 Å². The molecule has 0 aromatic carbocycles. The molecule has 4 aliphatic carbocycles. The third kappa shape index (κ3) is 2.58. The first-order valence-electron chi connectivity index (χ1n) is 12.8. The Kier molecular flexibility index (Phi) is 4.71. The lowest BCUT2D eigenvalue weighted by atomic mass is 9.46. The van der Waals surface area contributed by atoms with E-state index in [2.05, 4.69) is 33.4 Å². The molecular weight excluding hydrogens is 404 g/mol. The van der Waals surface area contributed by atoms with Gasteiger partial charge in [-0.1, -0.05) is 39.0 Å². The van der Waals surface area contributed by atoms with E-state index in [0.717, 1.165) is 31.3 Å². The molecule has 5 fully saturated rings. The van der Waals surface area contributed by atoms with E-state index >= 15 is 0 Å². The molecule has 2 aliphatic heterocycles. The lowest BCUT2D eigenvalue weighted by Gasteiger charge is -2.59. The monoisotopic (exact) mass is 444 g/mol. The summed E-state index contributed by atoms with van der Waals surface area (Å²) in [5.41, 5.74) is 2.18. The maximum atomic E-state index is 11.1. The van der Waals surface area contributed by atoms with Gasteiger partial charge >= 0.3 is 0 Å². The SMILES string of the molecule is C=C1CO[C@@]2(O[C@H]3C[C@H]4[C@@H]5CC=C6C[C@@H](O)C[C@@H](O)[C@]6(C)[C@H]5CC[C@]4(C)[C@H]3[C@@H]2C)[C@@H](O)C1. The summed E-state index contributed by atoms with van der Waals surface area (Å²) in [5, 5.41) is 32.4. The average Bonchev–Trinajstić information content (AvgIpc) is 3.18. The van der Waals surface area contributed by atoms with Crippen LogP contribution < -0.4 is 0 Å². The molecular formula is C27H40O5. The van der Waals surface area contributed by atoms with Gasteiger partial charge in [-0.15, -0.1) is 0 Å². The van der Waals surface area contributed by atoms with E-state index in [-0.39, 0.29) is 22.9 Å². The standard InChI is InChI=1S/C27H40O5/c1-14-9-23(30)27(31-13-14)15(2)24-21(32-27)12-20-18-6-5-16-10-17(28)11-22(29)26(16,4)19(18)7-8-25(20,24)3/h5,15,17-24,28-30H,1,6-13H2,2-4H3/t15-,17+,18+,19-,20-,21-,22+,23-,24-,25-,26-,27-/m0/s1. The molecule has 0 aromatic heterocycles. The van der Waals surface area contributed by atoms with Crippen LogP contribution in [0.4, 0.5) is 0 Å². The highest BCUT2D eigenvalue weighted by molar-refractivity contribution is 5.28. The average molecular weight is 445 g/mol. The van der Waals surface area contributed by atoms with Gasteiger partial charge in [-0.3, -0.25) is 0 Å². The Morgan fingerprint density at radius 2 is 1.84 bits per heavy atom. The predicted octanol–water partition coefficient (Wildman–Crippen LogP) is 3.58. The van der Waals surface area contributed by atoms with Crippen molar-refractivity contribution in [1.29, 1.82) is 0 Å². The minimum Gasteiger partial charge on any atom is -0.393 e. The minimum absolute atomic E-state index is 0.121. The second-order valence-electron chi connectivity index (χ2n) is 12.5. The molecule has 12 atom stereocenters. The van der Waals surface area contributed by atoms with Gasteiger partial charge in [-0.25, -0.2) is 0 Å². The third-order valence-corrected chi connectivity index (χ3v) is 11.2. The number of ether oxygens (including phenoxy) is 2. The van der Waals surface area contributed by atoms with Crippen molar-refractivity contribution < 1.29 is 24.8 Å². The molecule has 1 spiro atoms. The van der Waals surface area contributed by atoms with Gasteiger partial charge in [0.15, 0.2) is 5.79 Å². The van der Waals surface area contributed by atoms with Crippen molar-refractivity contribution in [2.24, 2.45) is 40.4 Å². The first kappa shape index (κ1) is 21.8. The van der Waals surface area contributed by atoms with Gasteiger partial charge in [0.25, 0.3) is 0 Å². The molecule has 5 nitrogen and oxygen atoms in total. The number of fused-ring (bicyclic) bond motifs is 7. The fourth-order valence-corrected chi connectivity index (χ4v) is 9.67. The van der Waals surface area contributed by atoms with Crippen LogP contribution in [0.25, 0.3) is 0 Å². The zero-order chi connectivity index (χ0) is 22.6. The third-order valence-electron chi connectivity index (χ3n) is 11.2. The number of rotatable bonds is 0. The van der Waals surface area contributed by atoms with Crippen LogP contribution in [0.3, 0.4) is 0 Å². The van der Waals surface area contributed by atoms with Gasteiger partial charge in [0, 0.05) is 24.2 Å². The lowest BCUT2D eigenvalue weighted by molar-refractivity contribution is -0.299. The number of hydrogen-bond acceptors (Lipinski definition) is 5. The van der Waals surface area contributed by atoms with Crippen molar-refractivity contribution in [3.63, 3.8) is 0 Å². The van der Waals surface area contributed by atoms with Gasteiger partial charge in [-0.2, -0.15) is 0 Å². The van der Waals surface area contributed by atoms with Gasteiger partial charge in [0.1, 0.15) is 6.10 Å². The van der Waals surface area contributed by atoms with E-state index < -0.39 is 24.1 Å². The molecule has 0 aromatic rings. The lowest BCUT2D eigenvalue weighted by Crippen LogP contribution is -2.57. The van der Waals surface area contributed by atoms with E-state index in [1.807, 2.05) is 0 Å². The van der Waals surface area contributed by atoms with Crippen LogP contribution in [0.1, 0.15) is 65.7 Å².